The summed E-state index contributed by atoms with van der Waals surface area (Å²) in [6.45, 7) is 13.9. The molecule has 47 heavy (non-hydrogen) atoms. The van der Waals surface area contributed by atoms with Gasteiger partial charge >= 0.3 is 6.09 Å². The zero-order chi connectivity index (χ0) is 34.7. The molecular weight excluding hydrogens is 628 g/mol. The highest BCUT2D eigenvalue weighted by molar-refractivity contribution is 8.29. The number of likely N-dealkylation sites (tertiary alicyclic amines) is 1. The van der Waals surface area contributed by atoms with E-state index in [-0.39, 0.29) is 17.9 Å². The number of piperidine rings is 1. The first-order chi connectivity index (χ1) is 21.9. The van der Waals surface area contributed by atoms with Gasteiger partial charge in [-0.15, -0.1) is 15.4 Å². The normalized spacial score (nSPS) is 18.7. The fourth-order valence-electron chi connectivity index (χ4n) is 4.80. The minimum absolute atomic E-state index is 0.100. The molecule has 1 aliphatic heterocycles. The van der Waals surface area contributed by atoms with Crippen molar-refractivity contribution in [2.24, 2.45) is 5.73 Å². The van der Waals surface area contributed by atoms with Crippen molar-refractivity contribution in [3.8, 4) is 17.0 Å². The van der Waals surface area contributed by atoms with Crippen LogP contribution in [0.4, 0.5) is 13.6 Å². The van der Waals surface area contributed by atoms with Gasteiger partial charge in [-0.05, 0) is 77.1 Å². The van der Waals surface area contributed by atoms with Crippen LogP contribution in [-0.2, 0) is 8.92 Å². The van der Waals surface area contributed by atoms with E-state index in [4.69, 9.17) is 19.4 Å². The first-order valence-corrected chi connectivity index (χ1v) is 17.9. The van der Waals surface area contributed by atoms with Crippen LogP contribution in [0, 0.1) is 12.7 Å². The topological polar surface area (TPSA) is 131 Å². The Labute approximate surface area is 277 Å². The molecule has 11 nitrogen and oxygen atoms in total. The van der Waals surface area contributed by atoms with Gasteiger partial charge in [0.25, 0.3) is 0 Å². The Morgan fingerprint density at radius 2 is 1.89 bits per heavy atom. The second kappa shape index (κ2) is 14.1. The molecule has 4 heterocycles. The van der Waals surface area contributed by atoms with Gasteiger partial charge in [0, 0.05) is 23.1 Å². The smallest absolute Gasteiger partial charge is 0.410 e. The van der Waals surface area contributed by atoms with E-state index in [1.165, 1.54) is 17.2 Å². The molecular formula is C33H47F2N7O4S. The molecule has 258 valence electrons. The summed E-state index contributed by atoms with van der Waals surface area (Å²) in [7, 11) is -1.52. The first-order valence-electron chi connectivity index (χ1n) is 15.5. The Balaban J connectivity index is 1.62. The van der Waals surface area contributed by atoms with Gasteiger partial charge in [-0.25, -0.2) is 18.3 Å². The maximum atomic E-state index is 15.5. The molecule has 1 aliphatic rings. The average Bonchev–Trinajstić information content (AvgIpc) is 3.35. The summed E-state index contributed by atoms with van der Waals surface area (Å²) in [6, 6.07) is 4.04. The average molecular weight is 676 g/mol. The summed E-state index contributed by atoms with van der Waals surface area (Å²) in [5.74, 6) is -0.0930. The van der Waals surface area contributed by atoms with Gasteiger partial charge in [0.2, 0.25) is 0 Å². The van der Waals surface area contributed by atoms with Crippen LogP contribution in [0.3, 0.4) is 0 Å². The number of carbonyl (C=O) groups excluding carboxylic acids is 1. The number of hydrogen-bond donors (Lipinski definition) is 1. The van der Waals surface area contributed by atoms with E-state index >= 15 is 4.39 Å². The van der Waals surface area contributed by atoms with Gasteiger partial charge in [-0.1, -0.05) is 26.0 Å². The third-order valence-electron chi connectivity index (χ3n) is 8.15. The zero-order valence-electron chi connectivity index (χ0n) is 28.7. The van der Waals surface area contributed by atoms with Crippen LogP contribution in [-0.4, -0.2) is 84.7 Å². The van der Waals surface area contributed by atoms with Crippen LogP contribution in [0.1, 0.15) is 77.2 Å². The number of aromatic nitrogens is 5. The van der Waals surface area contributed by atoms with Gasteiger partial charge in [0.15, 0.2) is 6.10 Å². The SMILES string of the molecule is Cc1c(-c2cnc(/C=C\N)c(OC(COS(C)(C)C(C)(C)C)c3ccc(F)cn3)c2)nnn1[C@H]1CCN(C(=O)OC(C)(C)C)C[C@H]1F. The van der Waals surface area contributed by atoms with E-state index in [0.717, 1.165) is 6.20 Å². The van der Waals surface area contributed by atoms with Crippen molar-refractivity contribution in [3.63, 3.8) is 0 Å². The Bertz CT molecular complexity index is 1570. The number of amides is 1. The molecule has 1 unspecified atom stereocenters. The monoisotopic (exact) mass is 675 g/mol. The van der Waals surface area contributed by atoms with Crippen molar-refractivity contribution in [1.29, 1.82) is 0 Å². The molecule has 4 rings (SSSR count). The van der Waals surface area contributed by atoms with Crippen molar-refractivity contribution >= 4 is 22.5 Å². The molecule has 0 radical (unpaired) electrons. The summed E-state index contributed by atoms with van der Waals surface area (Å²) in [6.07, 6.45) is 7.62. The lowest BCUT2D eigenvalue weighted by Crippen LogP contribution is -2.47. The van der Waals surface area contributed by atoms with E-state index in [1.807, 2.05) is 6.92 Å². The Hall–Kier alpha value is -3.78. The van der Waals surface area contributed by atoms with E-state index in [9.17, 15) is 9.18 Å². The lowest BCUT2D eigenvalue weighted by Gasteiger charge is -2.44. The molecule has 2 N–H and O–H groups in total. The van der Waals surface area contributed by atoms with E-state index < -0.39 is 46.1 Å². The maximum absolute atomic E-state index is 15.5. The molecule has 0 saturated carbocycles. The number of pyridine rings is 2. The number of rotatable bonds is 9. The summed E-state index contributed by atoms with van der Waals surface area (Å²) < 4.78 is 49.1. The van der Waals surface area contributed by atoms with Gasteiger partial charge in [0.1, 0.15) is 41.3 Å². The minimum Gasteiger partial charge on any atom is -0.479 e. The van der Waals surface area contributed by atoms with E-state index in [2.05, 4.69) is 53.6 Å². The highest BCUT2D eigenvalue weighted by atomic mass is 32.3. The molecule has 1 saturated heterocycles. The maximum Gasteiger partial charge on any atom is 0.410 e. The third-order valence-corrected chi connectivity index (χ3v) is 11.8. The number of alkyl halides is 1. The molecule has 3 aromatic heterocycles. The lowest BCUT2D eigenvalue weighted by atomic mass is 10.0. The zero-order valence-corrected chi connectivity index (χ0v) is 29.5. The third kappa shape index (κ3) is 8.78. The van der Waals surface area contributed by atoms with Crippen LogP contribution < -0.4 is 10.5 Å². The van der Waals surface area contributed by atoms with Gasteiger partial charge < -0.3 is 24.3 Å². The fraction of sp³-hybridized carbons (Fsp3) is 0.545. The molecule has 14 heteroatoms. The number of nitrogens with two attached hydrogens (primary N) is 1. The second-order valence-electron chi connectivity index (χ2n) is 13.9. The molecule has 0 aromatic carbocycles. The molecule has 0 bridgehead atoms. The van der Waals surface area contributed by atoms with Crippen LogP contribution in [0.15, 0.2) is 36.8 Å². The number of carbonyl (C=O) groups is 1. The Morgan fingerprint density at radius 1 is 1.17 bits per heavy atom. The predicted molar refractivity (Wildman–Crippen MR) is 180 cm³/mol. The van der Waals surface area contributed by atoms with Crippen LogP contribution in [0.25, 0.3) is 17.3 Å². The van der Waals surface area contributed by atoms with Gasteiger partial charge in [0.05, 0.1) is 30.2 Å². The van der Waals surface area contributed by atoms with Crippen molar-refractivity contribution in [3.05, 3.63) is 59.7 Å². The van der Waals surface area contributed by atoms with E-state index in [0.29, 0.717) is 47.1 Å². The predicted octanol–water partition coefficient (Wildman–Crippen LogP) is 6.55. The fourth-order valence-corrected chi connectivity index (χ4v) is 5.61. The molecule has 3 atom stereocenters. The molecule has 0 spiro atoms. The molecule has 0 aliphatic carbocycles. The van der Waals surface area contributed by atoms with Crippen LogP contribution in [0.5, 0.6) is 5.75 Å². The Kier molecular flexibility index (Phi) is 10.9. The van der Waals surface area contributed by atoms with Crippen molar-refractivity contribution in [1.82, 2.24) is 29.9 Å². The summed E-state index contributed by atoms with van der Waals surface area (Å²) in [5.41, 5.74) is 7.72. The number of halogens is 2. The summed E-state index contributed by atoms with van der Waals surface area (Å²) in [5, 5.41) is 8.69. The molecule has 1 amide bonds. The highest BCUT2D eigenvalue weighted by Gasteiger charge is 2.36. The quantitative estimate of drug-likeness (QED) is 0.268. The first kappa shape index (κ1) is 36.1. The van der Waals surface area contributed by atoms with E-state index in [1.54, 1.807) is 49.9 Å². The number of hydrogen-bond acceptors (Lipinski definition) is 9. The van der Waals surface area contributed by atoms with Crippen LogP contribution in [0.2, 0.25) is 0 Å². The summed E-state index contributed by atoms with van der Waals surface area (Å²) >= 11 is 0. The molecule has 3 aromatic rings. The lowest BCUT2D eigenvalue weighted by molar-refractivity contribution is 0.00546. The van der Waals surface area contributed by atoms with Gasteiger partial charge in [-0.2, -0.15) is 0 Å². The summed E-state index contributed by atoms with van der Waals surface area (Å²) in [4.78, 5) is 22.8. The molecule has 1 fully saturated rings. The highest BCUT2D eigenvalue weighted by Crippen LogP contribution is 2.54. The van der Waals surface area contributed by atoms with Crippen molar-refractivity contribution in [2.75, 3.05) is 32.2 Å². The van der Waals surface area contributed by atoms with Crippen molar-refractivity contribution in [2.45, 2.75) is 83.6 Å². The number of ether oxygens (including phenoxy) is 2. The van der Waals surface area contributed by atoms with Crippen LogP contribution >= 0.6 is 10.3 Å². The number of nitrogens with zero attached hydrogens (tertiary/aromatic N) is 6. The van der Waals surface area contributed by atoms with Gasteiger partial charge in [-0.3, -0.25) is 9.97 Å². The van der Waals surface area contributed by atoms with Crippen molar-refractivity contribution < 1.29 is 27.2 Å². The Morgan fingerprint density at radius 3 is 2.49 bits per heavy atom. The standard InChI is InChI=1S/C33H47F2N7O4S/c1-21-30(39-40-42(21)27-13-15-41(19-24(27)35)31(43)46-32(2,3)4)22-16-28(26(12-14-36)37-17-22)45-29(25-11-10-23(34)18-38-25)20-44-47(8,9)33(5,6)7/h10-12,14,16-18,24,27,29H,13,15,19-20,36H2,1-9H3/b14-12-/t24-,27+,29?/m1/s1. The second-order valence-corrected chi connectivity index (χ2v) is 17.8. The minimum atomic E-state index is -1.52. The largest absolute Gasteiger partial charge is 0.479 e.